The Kier molecular flexibility index (Phi) is 4.19. The third-order valence-electron chi connectivity index (χ3n) is 2.74. The Morgan fingerprint density at radius 2 is 2.11 bits per heavy atom. The topological polar surface area (TPSA) is 29.9 Å². The number of nitrogens with zero attached hydrogens (tertiary/aromatic N) is 2. The zero-order valence-corrected chi connectivity index (χ0v) is 12.5. The van der Waals surface area contributed by atoms with Crippen LogP contribution in [0.5, 0.6) is 0 Å². The molecule has 2 aromatic rings. The van der Waals surface area contributed by atoms with E-state index >= 15 is 0 Å². The first kappa shape index (κ1) is 13.3. The minimum atomic E-state index is 0.477. The first-order chi connectivity index (χ1) is 8.56. The molecule has 0 aliphatic rings. The summed E-state index contributed by atoms with van der Waals surface area (Å²) in [6.45, 7) is 7.16. The molecule has 0 radical (unpaired) electrons. The Morgan fingerprint density at radius 3 is 2.78 bits per heavy atom. The fourth-order valence-corrected chi connectivity index (χ4v) is 1.93. The summed E-state index contributed by atoms with van der Waals surface area (Å²) in [6, 6.07) is 8.76. The smallest absolute Gasteiger partial charge is 0.0766 e. The van der Waals surface area contributed by atoms with E-state index in [2.05, 4.69) is 65.3 Å². The summed E-state index contributed by atoms with van der Waals surface area (Å²) in [5.74, 6) is 0. The van der Waals surface area contributed by atoms with Gasteiger partial charge in [0.05, 0.1) is 11.4 Å². The van der Waals surface area contributed by atoms with Crippen molar-refractivity contribution in [1.29, 1.82) is 0 Å². The number of nitrogens with one attached hydrogen (secondary N) is 1. The van der Waals surface area contributed by atoms with E-state index in [1.807, 2.05) is 16.9 Å². The van der Waals surface area contributed by atoms with Gasteiger partial charge in [-0.05, 0) is 36.8 Å². The second-order valence-corrected chi connectivity index (χ2v) is 5.58. The number of hydrogen-bond donors (Lipinski definition) is 1. The first-order valence-corrected chi connectivity index (χ1v) is 6.90. The lowest BCUT2D eigenvalue weighted by molar-refractivity contribution is 0.578. The number of hydrogen-bond acceptors (Lipinski definition) is 2. The monoisotopic (exact) mass is 307 g/mol. The molecule has 0 saturated heterocycles. The first-order valence-electron chi connectivity index (χ1n) is 6.10. The van der Waals surface area contributed by atoms with Crippen molar-refractivity contribution in [3.8, 4) is 5.69 Å². The molecule has 1 heterocycles. The molecule has 3 nitrogen and oxygen atoms in total. The normalized spacial score (nSPS) is 11.2. The molecule has 2 rings (SSSR count). The number of aromatic nitrogens is 2. The van der Waals surface area contributed by atoms with Gasteiger partial charge < -0.3 is 5.32 Å². The summed E-state index contributed by atoms with van der Waals surface area (Å²) in [7, 11) is 0. The predicted molar refractivity (Wildman–Crippen MR) is 78.0 cm³/mol. The number of rotatable bonds is 4. The van der Waals surface area contributed by atoms with Crippen LogP contribution < -0.4 is 5.32 Å². The summed E-state index contributed by atoms with van der Waals surface area (Å²) in [5, 5.41) is 7.93. The minimum absolute atomic E-state index is 0.477. The van der Waals surface area contributed by atoms with E-state index in [0.717, 1.165) is 22.4 Å². The third-order valence-corrected chi connectivity index (χ3v) is 3.63. The van der Waals surface area contributed by atoms with E-state index in [9.17, 15) is 0 Å². The molecule has 1 aromatic heterocycles. The second kappa shape index (κ2) is 5.67. The molecule has 0 aliphatic heterocycles. The predicted octanol–water partition coefficient (Wildman–Crippen LogP) is 3.44. The van der Waals surface area contributed by atoms with E-state index in [4.69, 9.17) is 0 Å². The summed E-state index contributed by atoms with van der Waals surface area (Å²) >= 11 is 3.51. The highest BCUT2D eigenvalue weighted by Gasteiger charge is 2.03. The molecule has 1 aromatic carbocycles. The zero-order valence-electron chi connectivity index (χ0n) is 10.9. The van der Waals surface area contributed by atoms with Crippen molar-refractivity contribution in [2.24, 2.45) is 0 Å². The van der Waals surface area contributed by atoms with Crippen LogP contribution in [0.1, 0.15) is 25.1 Å². The van der Waals surface area contributed by atoms with Crippen LogP contribution in [-0.2, 0) is 6.54 Å². The summed E-state index contributed by atoms with van der Waals surface area (Å²) in [4.78, 5) is 0. The van der Waals surface area contributed by atoms with Crippen LogP contribution in [0.2, 0.25) is 0 Å². The van der Waals surface area contributed by atoms with Crippen molar-refractivity contribution < 1.29 is 0 Å². The van der Waals surface area contributed by atoms with Crippen molar-refractivity contribution in [2.75, 3.05) is 0 Å². The lowest BCUT2D eigenvalue weighted by Crippen LogP contribution is -2.22. The molecule has 0 atom stereocenters. The van der Waals surface area contributed by atoms with Crippen molar-refractivity contribution in [2.45, 2.75) is 33.4 Å². The highest BCUT2D eigenvalue weighted by atomic mass is 79.9. The Hall–Kier alpha value is -1.13. The lowest BCUT2D eigenvalue weighted by Gasteiger charge is -2.06. The molecule has 1 N–H and O–H groups in total. The van der Waals surface area contributed by atoms with Gasteiger partial charge in [-0.25, -0.2) is 4.68 Å². The van der Waals surface area contributed by atoms with Gasteiger partial charge in [0.1, 0.15) is 0 Å². The maximum Gasteiger partial charge on any atom is 0.0766 e. The SMILES string of the molecule is Cc1cc(-n2ccc(CNC(C)C)n2)ccc1Br. The molecule has 0 bridgehead atoms. The van der Waals surface area contributed by atoms with E-state index < -0.39 is 0 Å². The minimum Gasteiger partial charge on any atom is -0.309 e. The molecule has 4 heteroatoms. The van der Waals surface area contributed by atoms with Gasteiger partial charge in [-0.3, -0.25) is 0 Å². The highest BCUT2D eigenvalue weighted by Crippen LogP contribution is 2.19. The second-order valence-electron chi connectivity index (χ2n) is 4.72. The van der Waals surface area contributed by atoms with Gasteiger partial charge in [-0.1, -0.05) is 29.8 Å². The Bertz CT molecular complexity index is 532. The van der Waals surface area contributed by atoms with E-state index in [0.29, 0.717) is 6.04 Å². The molecule has 18 heavy (non-hydrogen) atoms. The van der Waals surface area contributed by atoms with Gasteiger partial charge in [-0.15, -0.1) is 0 Å². The average molecular weight is 308 g/mol. The van der Waals surface area contributed by atoms with Crippen molar-refractivity contribution in [1.82, 2.24) is 15.1 Å². The van der Waals surface area contributed by atoms with Gasteiger partial charge in [0.2, 0.25) is 0 Å². The summed E-state index contributed by atoms with van der Waals surface area (Å²) in [6.07, 6.45) is 2.00. The van der Waals surface area contributed by atoms with Crippen LogP contribution in [0.4, 0.5) is 0 Å². The van der Waals surface area contributed by atoms with Crippen LogP contribution in [0.3, 0.4) is 0 Å². The summed E-state index contributed by atoms with van der Waals surface area (Å²) < 4.78 is 3.04. The fraction of sp³-hybridized carbons (Fsp3) is 0.357. The molecule has 0 amide bonds. The van der Waals surface area contributed by atoms with Crippen LogP contribution in [0, 0.1) is 6.92 Å². The van der Waals surface area contributed by atoms with Gasteiger partial charge in [0.15, 0.2) is 0 Å². The standard InChI is InChI=1S/C14H18BrN3/c1-10(2)16-9-12-6-7-18(17-12)13-4-5-14(15)11(3)8-13/h4-8,10,16H,9H2,1-3H3. The van der Waals surface area contributed by atoms with Crippen LogP contribution in [0.25, 0.3) is 5.69 Å². The molecule has 0 spiro atoms. The molecule has 0 saturated carbocycles. The van der Waals surface area contributed by atoms with Gasteiger partial charge >= 0.3 is 0 Å². The number of halogens is 1. The van der Waals surface area contributed by atoms with E-state index in [1.165, 1.54) is 5.56 Å². The molecule has 0 unspecified atom stereocenters. The van der Waals surface area contributed by atoms with Gasteiger partial charge in [-0.2, -0.15) is 5.10 Å². The molecule has 0 aliphatic carbocycles. The zero-order chi connectivity index (χ0) is 13.1. The highest BCUT2D eigenvalue weighted by molar-refractivity contribution is 9.10. The lowest BCUT2D eigenvalue weighted by atomic mass is 10.2. The third kappa shape index (κ3) is 3.21. The number of benzene rings is 1. The number of aryl methyl sites for hydroxylation is 1. The van der Waals surface area contributed by atoms with E-state index in [-0.39, 0.29) is 0 Å². The van der Waals surface area contributed by atoms with Gasteiger partial charge in [0.25, 0.3) is 0 Å². The van der Waals surface area contributed by atoms with Crippen molar-refractivity contribution in [3.05, 3.63) is 46.2 Å². The van der Waals surface area contributed by atoms with Gasteiger partial charge in [0, 0.05) is 23.3 Å². The largest absolute Gasteiger partial charge is 0.309 e. The molecular formula is C14H18BrN3. The Morgan fingerprint density at radius 1 is 1.33 bits per heavy atom. The van der Waals surface area contributed by atoms with E-state index in [1.54, 1.807) is 0 Å². The molecule has 0 fully saturated rings. The Labute approximate surface area is 116 Å². The quantitative estimate of drug-likeness (QED) is 0.937. The molecular weight excluding hydrogens is 290 g/mol. The van der Waals surface area contributed by atoms with Crippen molar-refractivity contribution >= 4 is 15.9 Å². The van der Waals surface area contributed by atoms with Crippen molar-refractivity contribution in [3.63, 3.8) is 0 Å². The van der Waals surface area contributed by atoms with Crippen LogP contribution >= 0.6 is 15.9 Å². The average Bonchev–Trinajstić information content (AvgIpc) is 2.79. The molecule has 96 valence electrons. The van der Waals surface area contributed by atoms with Crippen LogP contribution in [0.15, 0.2) is 34.9 Å². The summed E-state index contributed by atoms with van der Waals surface area (Å²) in [5.41, 5.74) is 3.36. The van der Waals surface area contributed by atoms with Crippen LogP contribution in [-0.4, -0.2) is 15.8 Å². The Balaban J connectivity index is 2.16. The maximum absolute atomic E-state index is 4.56. The maximum atomic E-state index is 4.56. The fourth-order valence-electron chi connectivity index (χ4n) is 1.68.